The molecule has 0 atom stereocenters. The Kier molecular flexibility index (Phi) is 7.63. The third-order valence-electron chi connectivity index (χ3n) is 11.5. The summed E-state index contributed by atoms with van der Waals surface area (Å²) in [6.45, 7) is 0. The zero-order valence-electron chi connectivity index (χ0n) is 30.8. The second kappa shape index (κ2) is 13.3. The summed E-state index contributed by atoms with van der Waals surface area (Å²) in [5, 5.41) is 3.82. The minimum atomic E-state index is 0.979. The molecule has 0 fully saturated rings. The second-order valence-corrected chi connectivity index (χ2v) is 14.8. The van der Waals surface area contributed by atoms with Crippen molar-refractivity contribution < 1.29 is 0 Å². The summed E-state index contributed by atoms with van der Waals surface area (Å²) in [4.78, 5) is 4.75. The standard InChI is InChI=1S/C53H37N3/c1-3-12-36(13-4-1)40-24-28-52-48(32-40)49-33-41(37-14-5-2-6-15-37)25-29-53(49)55(52)44-26-22-38(23-27-44)42-30-43(35-54-34-42)39-16-11-17-45(31-39)56-50-20-9-7-18-46(50)47-19-8-10-21-51(47)56/h1-24,26-28,30-35H,25,29H2. The van der Waals surface area contributed by atoms with E-state index >= 15 is 0 Å². The van der Waals surface area contributed by atoms with Crippen molar-refractivity contribution in [2.24, 2.45) is 0 Å². The number of benzene rings is 7. The van der Waals surface area contributed by atoms with E-state index in [-0.39, 0.29) is 0 Å². The Balaban J connectivity index is 0.968. The van der Waals surface area contributed by atoms with Crippen LogP contribution in [0.1, 0.15) is 23.2 Å². The van der Waals surface area contributed by atoms with Crippen LogP contribution in [0, 0.1) is 0 Å². The fraction of sp³-hybridized carbons (Fsp3) is 0.0377. The number of fused-ring (bicyclic) bond motifs is 6. The molecular formula is C53H37N3. The Labute approximate surface area is 326 Å². The minimum Gasteiger partial charge on any atom is -0.313 e. The van der Waals surface area contributed by atoms with Crippen LogP contribution < -0.4 is 0 Å². The first kappa shape index (κ1) is 32.2. The molecule has 0 saturated carbocycles. The van der Waals surface area contributed by atoms with Gasteiger partial charge in [0.1, 0.15) is 0 Å². The van der Waals surface area contributed by atoms with Crippen molar-refractivity contribution in [2.75, 3.05) is 0 Å². The third kappa shape index (κ3) is 5.39. The van der Waals surface area contributed by atoms with E-state index in [0.717, 1.165) is 40.8 Å². The third-order valence-corrected chi connectivity index (χ3v) is 11.5. The number of nitrogens with zero attached hydrogens (tertiary/aromatic N) is 3. The van der Waals surface area contributed by atoms with E-state index in [1.165, 1.54) is 71.9 Å². The summed E-state index contributed by atoms with van der Waals surface area (Å²) >= 11 is 0. The van der Waals surface area contributed by atoms with Crippen molar-refractivity contribution >= 4 is 44.4 Å². The van der Waals surface area contributed by atoms with Gasteiger partial charge in [-0.1, -0.05) is 127 Å². The van der Waals surface area contributed by atoms with E-state index < -0.39 is 0 Å². The molecule has 3 heteroatoms. The van der Waals surface area contributed by atoms with Crippen LogP contribution in [0.25, 0.3) is 89.1 Å². The monoisotopic (exact) mass is 715 g/mol. The lowest BCUT2D eigenvalue weighted by molar-refractivity contribution is 0.898. The number of hydrogen-bond acceptors (Lipinski definition) is 1. The zero-order chi connectivity index (χ0) is 37.0. The van der Waals surface area contributed by atoms with Gasteiger partial charge < -0.3 is 9.13 Å². The first-order chi connectivity index (χ1) is 27.8. The molecule has 3 aromatic heterocycles. The van der Waals surface area contributed by atoms with Crippen LogP contribution in [0.2, 0.25) is 0 Å². The number of allylic oxidation sites excluding steroid dienone is 1. The maximum atomic E-state index is 4.75. The highest BCUT2D eigenvalue weighted by Crippen LogP contribution is 2.41. The molecule has 56 heavy (non-hydrogen) atoms. The molecule has 0 spiro atoms. The molecule has 10 aromatic rings. The van der Waals surface area contributed by atoms with E-state index in [1.54, 1.807) is 0 Å². The highest BCUT2D eigenvalue weighted by atomic mass is 15.0. The van der Waals surface area contributed by atoms with E-state index in [1.807, 2.05) is 12.4 Å². The van der Waals surface area contributed by atoms with Crippen molar-refractivity contribution in [3.05, 3.63) is 211 Å². The van der Waals surface area contributed by atoms with E-state index in [9.17, 15) is 0 Å². The Morgan fingerprint density at radius 1 is 0.357 bits per heavy atom. The Hall–Kier alpha value is -7.23. The van der Waals surface area contributed by atoms with Crippen LogP contribution in [0.3, 0.4) is 0 Å². The summed E-state index contributed by atoms with van der Waals surface area (Å²) in [6.07, 6.45) is 8.37. The second-order valence-electron chi connectivity index (χ2n) is 14.8. The molecular weight excluding hydrogens is 679 g/mol. The molecule has 1 aliphatic carbocycles. The van der Waals surface area contributed by atoms with Crippen LogP contribution in [0.4, 0.5) is 0 Å². The van der Waals surface area contributed by atoms with Gasteiger partial charge in [-0.3, -0.25) is 4.98 Å². The van der Waals surface area contributed by atoms with Crippen molar-refractivity contribution in [1.82, 2.24) is 14.1 Å². The molecule has 7 aromatic carbocycles. The number of hydrogen-bond donors (Lipinski definition) is 0. The molecule has 264 valence electrons. The molecule has 0 aliphatic heterocycles. The number of pyridine rings is 1. The van der Waals surface area contributed by atoms with E-state index in [2.05, 4.69) is 197 Å². The lowest BCUT2D eigenvalue weighted by Gasteiger charge is -2.18. The van der Waals surface area contributed by atoms with Gasteiger partial charge in [0.25, 0.3) is 0 Å². The molecule has 3 nitrogen and oxygen atoms in total. The molecule has 0 bridgehead atoms. The van der Waals surface area contributed by atoms with Crippen LogP contribution in [-0.2, 0) is 6.42 Å². The van der Waals surface area contributed by atoms with Gasteiger partial charge >= 0.3 is 0 Å². The number of rotatable bonds is 6. The first-order valence-corrected chi connectivity index (χ1v) is 19.4. The summed E-state index contributed by atoms with van der Waals surface area (Å²) in [7, 11) is 0. The van der Waals surface area contributed by atoms with E-state index in [0.29, 0.717) is 0 Å². The van der Waals surface area contributed by atoms with Gasteiger partial charge in [-0.2, -0.15) is 0 Å². The predicted molar refractivity (Wildman–Crippen MR) is 234 cm³/mol. The van der Waals surface area contributed by atoms with Gasteiger partial charge in [0.2, 0.25) is 0 Å². The largest absolute Gasteiger partial charge is 0.313 e. The van der Waals surface area contributed by atoms with Crippen molar-refractivity contribution in [3.8, 4) is 44.8 Å². The zero-order valence-corrected chi connectivity index (χ0v) is 30.8. The molecule has 0 radical (unpaired) electrons. The van der Waals surface area contributed by atoms with Crippen molar-refractivity contribution in [2.45, 2.75) is 12.8 Å². The number of aromatic nitrogens is 3. The highest BCUT2D eigenvalue weighted by Gasteiger charge is 2.22. The molecule has 0 N–H and O–H groups in total. The van der Waals surface area contributed by atoms with Gasteiger partial charge in [-0.25, -0.2) is 0 Å². The smallest absolute Gasteiger partial charge is 0.0541 e. The average Bonchev–Trinajstić information content (AvgIpc) is 3.79. The molecule has 11 rings (SSSR count). The van der Waals surface area contributed by atoms with Crippen LogP contribution in [0.15, 0.2) is 194 Å². The minimum absolute atomic E-state index is 0.979. The summed E-state index contributed by atoms with van der Waals surface area (Å²) in [6, 6.07) is 65.9. The number of para-hydroxylation sites is 2. The Morgan fingerprint density at radius 2 is 0.929 bits per heavy atom. The Morgan fingerprint density at radius 3 is 1.66 bits per heavy atom. The molecule has 1 aliphatic rings. The normalized spacial score (nSPS) is 12.6. The summed E-state index contributed by atoms with van der Waals surface area (Å²) < 4.78 is 4.85. The Bertz CT molecular complexity index is 3060. The fourth-order valence-electron chi connectivity index (χ4n) is 8.84. The van der Waals surface area contributed by atoms with Crippen molar-refractivity contribution in [1.29, 1.82) is 0 Å². The summed E-state index contributed by atoms with van der Waals surface area (Å²) in [5.41, 5.74) is 18.3. The maximum absolute atomic E-state index is 4.75. The van der Waals surface area contributed by atoms with Gasteiger partial charge in [0.15, 0.2) is 0 Å². The van der Waals surface area contributed by atoms with Crippen LogP contribution in [-0.4, -0.2) is 14.1 Å². The highest BCUT2D eigenvalue weighted by molar-refractivity contribution is 6.09. The molecule has 3 heterocycles. The lowest BCUT2D eigenvalue weighted by atomic mass is 9.91. The van der Waals surface area contributed by atoms with Gasteiger partial charge in [0.05, 0.1) is 16.6 Å². The SMILES string of the molecule is C1=C(c2ccccc2)CCc2c1c1cc(-c3ccccc3)ccc1n2-c1ccc(-c2cncc(-c3cccc(-n4c5ccccc5c5ccccc54)c3)c2)cc1. The fourth-order valence-corrected chi connectivity index (χ4v) is 8.84. The van der Waals surface area contributed by atoms with E-state index in [4.69, 9.17) is 4.98 Å². The predicted octanol–water partition coefficient (Wildman–Crippen LogP) is 13.6. The molecule has 0 amide bonds. The lowest BCUT2D eigenvalue weighted by Crippen LogP contribution is -2.05. The maximum Gasteiger partial charge on any atom is 0.0541 e. The molecule has 0 saturated heterocycles. The van der Waals surface area contributed by atoms with Gasteiger partial charge in [-0.15, -0.1) is 0 Å². The van der Waals surface area contributed by atoms with Crippen LogP contribution in [0.5, 0.6) is 0 Å². The van der Waals surface area contributed by atoms with Crippen LogP contribution >= 0.6 is 0 Å². The average molecular weight is 716 g/mol. The quantitative estimate of drug-likeness (QED) is 0.168. The topological polar surface area (TPSA) is 22.8 Å². The van der Waals surface area contributed by atoms with Gasteiger partial charge in [0, 0.05) is 62.3 Å². The first-order valence-electron chi connectivity index (χ1n) is 19.4. The van der Waals surface area contributed by atoms with Crippen molar-refractivity contribution in [3.63, 3.8) is 0 Å². The molecule has 0 unspecified atom stereocenters. The van der Waals surface area contributed by atoms with Gasteiger partial charge in [-0.05, 0) is 107 Å². The summed E-state index contributed by atoms with van der Waals surface area (Å²) in [5.74, 6) is 0.